The zero-order chi connectivity index (χ0) is 18.4. The van der Waals surface area contributed by atoms with Crippen LogP contribution in [0.25, 0.3) is 22.6 Å². The van der Waals surface area contributed by atoms with Crippen molar-refractivity contribution in [2.75, 3.05) is 0 Å². The molecule has 3 aromatic rings. The first-order valence-corrected chi connectivity index (χ1v) is 7.63. The minimum Gasteiger partial charge on any atom is -0.312 e. The first-order valence-electron chi connectivity index (χ1n) is 6.81. The van der Waals surface area contributed by atoms with E-state index >= 15 is 0 Å². The number of rotatable bonds is 2. The number of benzene rings is 1. The smallest absolute Gasteiger partial charge is 0.312 e. The van der Waals surface area contributed by atoms with E-state index in [4.69, 9.17) is 0 Å². The van der Waals surface area contributed by atoms with E-state index in [1.807, 2.05) is 0 Å². The molecular formula is C15H9F6N3S. The summed E-state index contributed by atoms with van der Waals surface area (Å²) in [6.07, 6.45) is -3.91. The van der Waals surface area contributed by atoms with Gasteiger partial charge in [0.15, 0.2) is 5.65 Å². The largest absolute Gasteiger partial charge is 0.446 e. The van der Waals surface area contributed by atoms with Crippen LogP contribution >= 0.6 is 11.8 Å². The Morgan fingerprint density at radius 3 is 2.36 bits per heavy atom. The summed E-state index contributed by atoms with van der Waals surface area (Å²) in [5.41, 5.74) is -5.20. The molecule has 132 valence electrons. The quantitative estimate of drug-likeness (QED) is 0.451. The van der Waals surface area contributed by atoms with Gasteiger partial charge in [0.05, 0.1) is 5.56 Å². The number of imidazole rings is 1. The molecule has 10 heteroatoms. The van der Waals surface area contributed by atoms with Gasteiger partial charge in [-0.2, -0.15) is 26.3 Å². The second kappa shape index (κ2) is 5.94. The van der Waals surface area contributed by atoms with Gasteiger partial charge >= 0.3 is 11.7 Å². The fourth-order valence-electron chi connectivity index (χ4n) is 2.34. The molecule has 0 radical (unpaired) electrons. The van der Waals surface area contributed by atoms with E-state index in [0.29, 0.717) is 6.20 Å². The van der Waals surface area contributed by atoms with Crippen LogP contribution < -0.4 is 0 Å². The number of hydrogen-bond acceptors (Lipinski definition) is 3. The Morgan fingerprint density at radius 1 is 1.04 bits per heavy atom. The third-order valence-corrected chi connectivity index (χ3v) is 4.20. The minimum atomic E-state index is -4.58. The van der Waals surface area contributed by atoms with Gasteiger partial charge in [-0.25, -0.2) is 9.97 Å². The van der Waals surface area contributed by atoms with Crippen LogP contribution in [-0.2, 0) is 13.2 Å². The SMILES string of the molecule is Cn1c(-c2ccccc2SC(F)(F)F)nc2cc(C(F)(F)F)cnc21. The summed E-state index contributed by atoms with van der Waals surface area (Å²) in [6.45, 7) is 0. The first-order chi connectivity index (χ1) is 11.6. The van der Waals surface area contributed by atoms with Crippen LogP contribution in [0.5, 0.6) is 0 Å². The summed E-state index contributed by atoms with van der Waals surface area (Å²) in [6, 6.07) is 6.51. The van der Waals surface area contributed by atoms with Crippen LogP contribution in [0.2, 0.25) is 0 Å². The highest BCUT2D eigenvalue weighted by Crippen LogP contribution is 2.41. The van der Waals surface area contributed by atoms with Crippen molar-refractivity contribution in [1.29, 1.82) is 0 Å². The fourth-order valence-corrected chi connectivity index (χ4v) is 3.00. The van der Waals surface area contributed by atoms with Gasteiger partial charge in [-0.15, -0.1) is 0 Å². The van der Waals surface area contributed by atoms with Gasteiger partial charge in [0.1, 0.15) is 11.3 Å². The van der Waals surface area contributed by atoms with Gasteiger partial charge in [-0.3, -0.25) is 0 Å². The van der Waals surface area contributed by atoms with Crippen LogP contribution in [-0.4, -0.2) is 20.0 Å². The van der Waals surface area contributed by atoms with E-state index < -0.39 is 17.2 Å². The standard InChI is InChI=1S/C15H9F6N3S/c1-24-12(9-4-2-3-5-11(9)25-15(19,20)21)23-10-6-8(14(16,17)18)7-22-13(10)24/h2-7H,1H3. The number of halogens is 6. The highest BCUT2D eigenvalue weighted by Gasteiger charge is 2.33. The predicted molar refractivity (Wildman–Crippen MR) is 80.9 cm³/mol. The summed E-state index contributed by atoms with van der Waals surface area (Å²) in [4.78, 5) is 7.72. The number of thioether (sulfide) groups is 1. The van der Waals surface area contributed by atoms with Gasteiger partial charge in [0.2, 0.25) is 0 Å². The lowest BCUT2D eigenvalue weighted by Crippen LogP contribution is -2.05. The molecule has 0 aliphatic rings. The molecule has 0 aliphatic heterocycles. The number of hydrogen-bond donors (Lipinski definition) is 0. The maximum Gasteiger partial charge on any atom is 0.446 e. The van der Waals surface area contributed by atoms with Crippen LogP contribution in [0.4, 0.5) is 26.3 Å². The molecule has 1 aromatic carbocycles. The van der Waals surface area contributed by atoms with Gasteiger partial charge in [-0.05, 0) is 23.9 Å². The van der Waals surface area contributed by atoms with E-state index in [-0.39, 0.29) is 39.2 Å². The molecule has 2 heterocycles. The van der Waals surface area contributed by atoms with Crippen molar-refractivity contribution in [3.05, 3.63) is 42.1 Å². The van der Waals surface area contributed by atoms with E-state index in [1.54, 1.807) is 0 Å². The van der Waals surface area contributed by atoms with Gasteiger partial charge in [0, 0.05) is 23.7 Å². The third-order valence-electron chi connectivity index (χ3n) is 3.39. The van der Waals surface area contributed by atoms with E-state index in [0.717, 1.165) is 6.07 Å². The Hall–Kier alpha value is -2.23. The molecule has 3 rings (SSSR count). The zero-order valence-corrected chi connectivity index (χ0v) is 13.3. The molecule has 2 aromatic heterocycles. The van der Waals surface area contributed by atoms with Crippen molar-refractivity contribution in [2.45, 2.75) is 16.6 Å². The van der Waals surface area contributed by atoms with E-state index in [9.17, 15) is 26.3 Å². The average Bonchev–Trinajstić information content (AvgIpc) is 2.82. The number of aryl methyl sites for hydroxylation is 1. The first kappa shape index (κ1) is 17.6. The Kier molecular flexibility index (Phi) is 4.18. The van der Waals surface area contributed by atoms with Crippen LogP contribution in [0.1, 0.15) is 5.56 Å². The van der Waals surface area contributed by atoms with Crippen LogP contribution in [0, 0.1) is 0 Å². The van der Waals surface area contributed by atoms with Crippen LogP contribution in [0.3, 0.4) is 0 Å². The number of alkyl halides is 6. The second-order valence-electron chi connectivity index (χ2n) is 5.10. The molecule has 0 atom stereocenters. The molecule has 0 fully saturated rings. The van der Waals surface area contributed by atoms with Crippen molar-refractivity contribution < 1.29 is 26.3 Å². The Balaban J connectivity index is 2.16. The molecule has 25 heavy (non-hydrogen) atoms. The number of aromatic nitrogens is 3. The zero-order valence-electron chi connectivity index (χ0n) is 12.5. The summed E-state index contributed by atoms with van der Waals surface area (Å²) >= 11 is -0.306. The molecular weight excluding hydrogens is 368 g/mol. The molecule has 0 saturated carbocycles. The van der Waals surface area contributed by atoms with Gasteiger partial charge in [0.25, 0.3) is 0 Å². The number of nitrogens with zero attached hydrogens (tertiary/aromatic N) is 3. The Labute approximate surface area is 141 Å². The van der Waals surface area contributed by atoms with Crippen molar-refractivity contribution in [1.82, 2.24) is 14.5 Å². The summed E-state index contributed by atoms with van der Waals surface area (Å²) in [5.74, 6) is 0.106. The van der Waals surface area contributed by atoms with Crippen molar-refractivity contribution in [2.24, 2.45) is 7.05 Å². The van der Waals surface area contributed by atoms with E-state index in [2.05, 4.69) is 9.97 Å². The fraction of sp³-hybridized carbons (Fsp3) is 0.200. The third kappa shape index (κ3) is 3.58. The maximum absolute atomic E-state index is 12.8. The molecule has 0 aliphatic carbocycles. The highest BCUT2D eigenvalue weighted by atomic mass is 32.2. The van der Waals surface area contributed by atoms with Crippen molar-refractivity contribution >= 4 is 22.9 Å². The lowest BCUT2D eigenvalue weighted by Gasteiger charge is -2.10. The average molecular weight is 377 g/mol. The molecule has 0 bridgehead atoms. The summed E-state index contributed by atoms with van der Waals surface area (Å²) in [7, 11) is 1.49. The van der Waals surface area contributed by atoms with Crippen molar-refractivity contribution in [3.8, 4) is 11.4 Å². The van der Waals surface area contributed by atoms with Crippen molar-refractivity contribution in [3.63, 3.8) is 0 Å². The van der Waals surface area contributed by atoms with Crippen LogP contribution in [0.15, 0.2) is 41.4 Å². The lowest BCUT2D eigenvalue weighted by molar-refractivity contribution is -0.137. The molecule has 0 amide bonds. The monoisotopic (exact) mass is 377 g/mol. The molecule has 0 unspecified atom stereocenters. The molecule has 3 nitrogen and oxygen atoms in total. The van der Waals surface area contributed by atoms with Gasteiger partial charge in [-0.1, -0.05) is 18.2 Å². The van der Waals surface area contributed by atoms with Gasteiger partial charge < -0.3 is 4.57 Å². The summed E-state index contributed by atoms with van der Waals surface area (Å²) < 4.78 is 77.9. The topological polar surface area (TPSA) is 30.7 Å². The normalized spacial score (nSPS) is 12.8. The molecule has 0 N–H and O–H groups in total. The number of pyridine rings is 1. The lowest BCUT2D eigenvalue weighted by atomic mass is 10.2. The Bertz CT molecular complexity index is 929. The Morgan fingerprint density at radius 2 is 1.72 bits per heavy atom. The highest BCUT2D eigenvalue weighted by molar-refractivity contribution is 8.00. The minimum absolute atomic E-state index is 0.0425. The second-order valence-corrected chi connectivity index (χ2v) is 6.21. The molecule has 0 spiro atoms. The number of fused-ring (bicyclic) bond motifs is 1. The summed E-state index contributed by atoms with van der Waals surface area (Å²) in [5, 5.41) is 0. The molecule has 0 saturated heterocycles. The maximum atomic E-state index is 12.8. The van der Waals surface area contributed by atoms with E-state index in [1.165, 1.54) is 35.9 Å². The predicted octanol–water partition coefficient (Wildman–Crippen LogP) is 5.27.